The molecule has 2 rings (SSSR count). The SMILES string of the molecule is CCC(C)n1cc(C#N)c2ccccc21. The third-order valence-corrected chi connectivity index (χ3v) is 2.93. The summed E-state index contributed by atoms with van der Waals surface area (Å²) in [6, 6.07) is 10.8. The molecule has 0 fully saturated rings. The topological polar surface area (TPSA) is 28.7 Å². The van der Waals surface area contributed by atoms with Gasteiger partial charge in [-0.05, 0) is 19.4 Å². The summed E-state index contributed by atoms with van der Waals surface area (Å²) in [7, 11) is 0. The van der Waals surface area contributed by atoms with E-state index in [4.69, 9.17) is 5.26 Å². The molecule has 1 aromatic heterocycles. The third-order valence-electron chi connectivity index (χ3n) is 2.93. The molecule has 0 aliphatic rings. The van der Waals surface area contributed by atoms with Gasteiger partial charge in [0, 0.05) is 23.1 Å². The van der Waals surface area contributed by atoms with Gasteiger partial charge in [-0.2, -0.15) is 5.26 Å². The van der Waals surface area contributed by atoms with Gasteiger partial charge in [-0.3, -0.25) is 0 Å². The van der Waals surface area contributed by atoms with Gasteiger partial charge in [-0.25, -0.2) is 0 Å². The summed E-state index contributed by atoms with van der Waals surface area (Å²) in [5.74, 6) is 0. The van der Waals surface area contributed by atoms with Crippen molar-refractivity contribution in [3.05, 3.63) is 36.0 Å². The Kier molecular flexibility index (Phi) is 2.47. The van der Waals surface area contributed by atoms with Gasteiger partial charge in [-0.1, -0.05) is 25.1 Å². The van der Waals surface area contributed by atoms with Gasteiger partial charge in [-0.15, -0.1) is 0 Å². The smallest absolute Gasteiger partial charge is 0.101 e. The van der Waals surface area contributed by atoms with Gasteiger partial charge in [0.1, 0.15) is 6.07 Å². The lowest BCUT2D eigenvalue weighted by molar-refractivity contribution is 0.548. The van der Waals surface area contributed by atoms with Crippen LogP contribution in [0.5, 0.6) is 0 Å². The molecule has 1 atom stereocenters. The zero-order valence-electron chi connectivity index (χ0n) is 9.07. The van der Waals surface area contributed by atoms with E-state index in [1.165, 1.54) is 0 Å². The molecular weight excluding hydrogens is 184 g/mol. The van der Waals surface area contributed by atoms with Gasteiger partial charge in [0.05, 0.1) is 5.56 Å². The summed E-state index contributed by atoms with van der Waals surface area (Å²) in [5, 5.41) is 10.1. The molecule has 0 aliphatic carbocycles. The summed E-state index contributed by atoms with van der Waals surface area (Å²) in [4.78, 5) is 0. The molecule has 0 spiro atoms. The Morgan fingerprint density at radius 2 is 2.13 bits per heavy atom. The number of hydrogen-bond acceptors (Lipinski definition) is 1. The van der Waals surface area contributed by atoms with Gasteiger partial charge in [0.25, 0.3) is 0 Å². The van der Waals surface area contributed by atoms with E-state index in [0.29, 0.717) is 6.04 Å². The first-order valence-corrected chi connectivity index (χ1v) is 5.27. The molecule has 1 aromatic carbocycles. The molecular formula is C13H14N2. The van der Waals surface area contributed by atoms with Crippen molar-refractivity contribution in [2.45, 2.75) is 26.3 Å². The zero-order chi connectivity index (χ0) is 10.8. The summed E-state index contributed by atoms with van der Waals surface area (Å²) in [6.07, 6.45) is 3.03. The first-order valence-electron chi connectivity index (χ1n) is 5.27. The van der Waals surface area contributed by atoms with Crippen LogP contribution in [0, 0.1) is 11.3 Å². The molecule has 0 saturated heterocycles. The molecule has 0 radical (unpaired) electrons. The molecule has 2 heteroatoms. The number of nitriles is 1. The number of aromatic nitrogens is 1. The summed E-state index contributed by atoms with van der Waals surface area (Å²) in [6.45, 7) is 4.33. The van der Waals surface area contributed by atoms with Crippen LogP contribution in [0.2, 0.25) is 0 Å². The molecule has 2 aromatic rings. The Morgan fingerprint density at radius 3 is 2.80 bits per heavy atom. The number of para-hydroxylation sites is 1. The molecule has 0 amide bonds. The van der Waals surface area contributed by atoms with Crippen LogP contribution in [-0.4, -0.2) is 4.57 Å². The minimum Gasteiger partial charge on any atom is -0.343 e. The van der Waals surface area contributed by atoms with Crippen LogP contribution in [0.4, 0.5) is 0 Å². The van der Waals surface area contributed by atoms with Gasteiger partial charge < -0.3 is 4.57 Å². The minimum atomic E-state index is 0.442. The molecule has 0 saturated carbocycles. The lowest BCUT2D eigenvalue weighted by atomic mass is 10.2. The molecule has 0 aliphatic heterocycles. The van der Waals surface area contributed by atoms with Crippen molar-refractivity contribution in [1.82, 2.24) is 4.57 Å². The van der Waals surface area contributed by atoms with E-state index in [2.05, 4.69) is 30.6 Å². The molecule has 76 valence electrons. The van der Waals surface area contributed by atoms with E-state index in [1.807, 2.05) is 24.4 Å². The molecule has 0 N–H and O–H groups in total. The maximum absolute atomic E-state index is 9.04. The third kappa shape index (κ3) is 1.50. The average Bonchev–Trinajstić information content (AvgIpc) is 2.67. The van der Waals surface area contributed by atoms with Crippen molar-refractivity contribution in [1.29, 1.82) is 5.26 Å². The highest BCUT2D eigenvalue weighted by Gasteiger charge is 2.10. The van der Waals surface area contributed by atoms with Crippen LogP contribution in [0.15, 0.2) is 30.5 Å². The number of fused-ring (bicyclic) bond motifs is 1. The Morgan fingerprint density at radius 1 is 1.40 bits per heavy atom. The standard InChI is InChI=1S/C13H14N2/c1-3-10(2)15-9-11(8-14)12-6-4-5-7-13(12)15/h4-7,9-10H,3H2,1-2H3. The van der Waals surface area contributed by atoms with Crippen LogP contribution in [0.1, 0.15) is 31.9 Å². The lowest BCUT2D eigenvalue weighted by Crippen LogP contribution is -2.01. The van der Waals surface area contributed by atoms with Crippen molar-refractivity contribution in [2.24, 2.45) is 0 Å². The van der Waals surface area contributed by atoms with Crippen LogP contribution in [0.25, 0.3) is 10.9 Å². The Bertz CT molecular complexity index is 517. The maximum Gasteiger partial charge on any atom is 0.101 e. The molecule has 2 nitrogen and oxygen atoms in total. The van der Waals surface area contributed by atoms with Crippen molar-refractivity contribution >= 4 is 10.9 Å². The lowest BCUT2D eigenvalue weighted by Gasteiger charge is -2.12. The second kappa shape index (κ2) is 3.78. The highest BCUT2D eigenvalue weighted by atomic mass is 15.0. The molecule has 1 heterocycles. The van der Waals surface area contributed by atoms with Crippen LogP contribution < -0.4 is 0 Å². The fraction of sp³-hybridized carbons (Fsp3) is 0.308. The van der Waals surface area contributed by atoms with E-state index in [0.717, 1.165) is 22.9 Å². The normalized spacial score (nSPS) is 12.6. The van der Waals surface area contributed by atoms with Crippen molar-refractivity contribution in [3.63, 3.8) is 0 Å². The van der Waals surface area contributed by atoms with Crippen LogP contribution >= 0.6 is 0 Å². The zero-order valence-corrected chi connectivity index (χ0v) is 9.07. The van der Waals surface area contributed by atoms with E-state index in [1.54, 1.807) is 0 Å². The minimum absolute atomic E-state index is 0.442. The monoisotopic (exact) mass is 198 g/mol. The summed E-state index contributed by atoms with van der Waals surface area (Å²) >= 11 is 0. The second-order valence-electron chi connectivity index (χ2n) is 3.84. The first-order chi connectivity index (χ1) is 7.27. The molecule has 1 unspecified atom stereocenters. The Balaban J connectivity index is 2.71. The van der Waals surface area contributed by atoms with Gasteiger partial charge >= 0.3 is 0 Å². The predicted octanol–water partition coefficient (Wildman–Crippen LogP) is 3.48. The van der Waals surface area contributed by atoms with E-state index >= 15 is 0 Å². The summed E-state index contributed by atoms with van der Waals surface area (Å²) < 4.78 is 2.19. The fourth-order valence-corrected chi connectivity index (χ4v) is 1.86. The quantitative estimate of drug-likeness (QED) is 0.726. The fourth-order valence-electron chi connectivity index (χ4n) is 1.86. The number of benzene rings is 1. The highest BCUT2D eigenvalue weighted by Crippen LogP contribution is 2.25. The van der Waals surface area contributed by atoms with Crippen molar-refractivity contribution in [2.75, 3.05) is 0 Å². The number of nitrogens with zero attached hydrogens (tertiary/aromatic N) is 2. The Hall–Kier alpha value is -1.75. The molecule has 0 bridgehead atoms. The van der Waals surface area contributed by atoms with E-state index < -0.39 is 0 Å². The highest BCUT2D eigenvalue weighted by molar-refractivity contribution is 5.86. The van der Waals surface area contributed by atoms with Crippen LogP contribution in [0.3, 0.4) is 0 Å². The first kappa shape index (κ1) is 9.79. The largest absolute Gasteiger partial charge is 0.343 e. The maximum atomic E-state index is 9.04. The molecule has 15 heavy (non-hydrogen) atoms. The number of rotatable bonds is 2. The van der Waals surface area contributed by atoms with Crippen molar-refractivity contribution in [3.8, 4) is 6.07 Å². The number of hydrogen-bond donors (Lipinski definition) is 0. The van der Waals surface area contributed by atoms with Crippen LogP contribution in [-0.2, 0) is 0 Å². The summed E-state index contributed by atoms with van der Waals surface area (Å²) in [5.41, 5.74) is 1.93. The van der Waals surface area contributed by atoms with Gasteiger partial charge in [0.15, 0.2) is 0 Å². The van der Waals surface area contributed by atoms with Crippen molar-refractivity contribution < 1.29 is 0 Å². The predicted molar refractivity (Wildman–Crippen MR) is 61.7 cm³/mol. The average molecular weight is 198 g/mol. The van der Waals surface area contributed by atoms with Gasteiger partial charge in [0.2, 0.25) is 0 Å². The Labute approximate surface area is 89.7 Å². The van der Waals surface area contributed by atoms with E-state index in [-0.39, 0.29) is 0 Å². The second-order valence-corrected chi connectivity index (χ2v) is 3.84. The van der Waals surface area contributed by atoms with E-state index in [9.17, 15) is 0 Å².